The van der Waals surface area contributed by atoms with E-state index in [-0.39, 0.29) is 18.8 Å². The van der Waals surface area contributed by atoms with Gasteiger partial charge in [-0.1, -0.05) is 6.07 Å². The molecule has 0 unspecified atom stereocenters. The molecular weight excluding hydrogens is 359 g/mol. The minimum absolute atomic E-state index is 0.00610. The zero-order chi connectivity index (χ0) is 18.7. The second-order valence-electron chi connectivity index (χ2n) is 5.92. The summed E-state index contributed by atoms with van der Waals surface area (Å²) >= 11 is 0. The standard InChI is InChI=1S/C15H20F3N3O3S/c1-25(23,24)21-7-3-6-20(8-9-21)11-14(22)19-13-5-2-4-12(10-13)15(16,17)18/h2,4-5,10H,3,6-9,11H2,1H3,(H,19,22). The van der Waals surface area contributed by atoms with E-state index in [1.165, 1.54) is 16.4 Å². The van der Waals surface area contributed by atoms with Crippen molar-refractivity contribution in [1.29, 1.82) is 0 Å². The first-order chi connectivity index (χ1) is 11.6. The molecule has 1 aromatic rings. The topological polar surface area (TPSA) is 69.7 Å². The largest absolute Gasteiger partial charge is 0.416 e. The van der Waals surface area contributed by atoms with Crippen LogP contribution < -0.4 is 5.32 Å². The molecular formula is C15H20F3N3O3S. The molecule has 6 nitrogen and oxygen atoms in total. The smallest absolute Gasteiger partial charge is 0.325 e. The van der Waals surface area contributed by atoms with Crippen molar-refractivity contribution in [3.63, 3.8) is 0 Å². The number of nitrogens with zero attached hydrogens (tertiary/aromatic N) is 2. The Morgan fingerprint density at radius 1 is 1.20 bits per heavy atom. The zero-order valence-electron chi connectivity index (χ0n) is 13.7. The normalized spacial score (nSPS) is 17.9. The summed E-state index contributed by atoms with van der Waals surface area (Å²) in [4.78, 5) is 13.9. The lowest BCUT2D eigenvalue weighted by Gasteiger charge is -2.20. The summed E-state index contributed by atoms with van der Waals surface area (Å²) in [7, 11) is -3.27. The minimum atomic E-state index is -4.47. The molecule has 140 valence electrons. The molecule has 1 heterocycles. The molecule has 0 atom stereocenters. The molecule has 0 spiro atoms. The van der Waals surface area contributed by atoms with E-state index in [2.05, 4.69) is 5.32 Å². The summed E-state index contributed by atoms with van der Waals surface area (Å²) in [6.45, 7) is 1.61. The van der Waals surface area contributed by atoms with Crippen molar-refractivity contribution in [3.8, 4) is 0 Å². The van der Waals surface area contributed by atoms with Gasteiger partial charge in [0.05, 0.1) is 18.4 Å². The van der Waals surface area contributed by atoms with E-state index < -0.39 is 27.7 Å². The molecule has 0 saturated carbocycles. The SMILES string of the molecule is CS(=O)(=O)N1CCCN(CC(=O)Nc2cccc(C(F)(F)F)c2)CC1. The maximum absolute atomic E-state index is 12.7. The van der Waals surface area contributed by atoms with Crippen LogP contribution >= 0.6 is 0 Å². The van der Waals surface area contributed by atoms with Gasteiger partial charge in [0, 0.05) is 25.3 Å². The van der Waals surface area contributed by atoms with Crippen LogP contribution in [0.2, 0.25) is 0 Å². The van der Waals surface area contributed by atoms with Crippen molar-refractivity contribution in [3.05, 3.63) is 29.8 Å². The highest BCUT2D eigenvalue weighted by molar-refractivity contribution is 7.88. The van der Waals surface area contributed by atoms with Gasteiger partial charge in [0.15, 0.2) is 0 Å². The summed E-state index contributed by atoms with van der Waals surface area (Å²) in [5, 5.41) is 2.45. The Kier molecular flexibility index (Phi) is 6.07. The molecule has 1 aromatic carbocycles. The first-order valence-corrected chi connectivity index (χ1v) is 9.55. The number of sulfonamides is 1. The summed E-state index contributed by atoms with van der Waals surface area (Å²) in [5.74, 6) is -0.438. The number of anilines is 1. The average molecular weight is 379 g/mol. The van der Waals surface area contributed by atoms with Crippen LogP contribution in [0.15, 0.2) is 24.3 Å². The monoisotopic (exact) mass is 379 g/mol. The Balaban J connectivity index is 1.92. The number of carbonyl (C=O) groups is 1. The average Bonchev–Trinajstić information content (AvgIpc) is 2.72. The molecule has 1 aliphatic heterocycles. The zero-order valence-corrected chi connectivity index (χ0v) is 14.5. The minimum Gasteiger partial charge on any atom is -0.325 e. The van der Waals surface area contributed by atoms with Gasteiger partial charge in [0.2, 0.25) is 15.9 Å². The van der Waals surface area contributed by atoms with Crippen LogP contribution in [0, 0.1) is 0 Å². The number of carbonyl (C=O) groups excluding carboxylic acids is 1. The van der Waals surface area contributed by atoms with E-state index in [1.54, 1.807) is 4.90 Å². The molecule has 0 aliphatic carbocycles. The lowest BCUT2D eigenvalue weighted by atomic mass is 10.2. The van der Waals surface area contributed by atoms with E-state index in [1.807, 2.05) is 0 Å². The Hall–Kier alpha value is -1.65. The fourth-order valence-electron chi connectivity index (χ4n) is 2.61. The van der Waals surface area contributed by atoms with E-state index in [0.29, 0.717) is 26.1 Å². The third-order valence-corrected chi connectivity index (χ3v) is 5.16. The van der Waals surface area contributed by atoms with Crippen LogP contribution in [0.25, 0.3) is 0 Å². The molecule has 0 radical (unpaired) electrons. The van der Waals surface area contributed by atoms with Crippen LogP contribution in [0.4, 0.5) is 18.9 Å². The lowest BCUT2D eigenvalue weighted by molar-refractivity contribution is -0.137. The van der Waals surface area contributed by atoms with Gasteiger partial charge in [0.25, 0.3) is 0 Å². The summed E-state index contributed by atoms with van der Waals surface area (Å²) in [6.07, 6.45) is -2.74. The summed E-state index contributed by atoms with van der Waals surface area (Å²) in [5.41, 5.74) is -0.753. The molecule has 2 rings (SSSR count). The van der Waals surface area contributed by atoms with Gasteiger partial charge in [-0.2, -0.15) is 13.2 Å². The van der Waals surface area contributed by atoms with Gasteiger partial charge >= 0.3 is 6.18 Å². The number of benzene rings is 1. The lowest BCUT2D eigenvalue weighted by Crippen LogP contribution is -2.37. The van der Waals surface area contributed by atoms with Crippen LogP contribution in [0.5, 0.6) is 0 Å². The predicted octanol–water partition coefficient (Wildman–Crippen LogP) is 1.61. The molecule has 10 heteroatoms. The van der Waals surface area contributed by atoms with Crippen molar-refractivity contribution in [2.75, 3.05) is 44.3 Å². The summed E-state index contributed by atoms with van der Waals surface area (Å²) in [6, 6.07) is 4.44. The number of alkyl halides is 3. The van der Waals surface area contributed by atoms with Crippen molar-refractivity contribution in [2.24, 2.45) is 0 Å². The van der Waals surface area contributed by atoms with Gasteiger partial charge < -0.3 is 5.32 Å². The highest BCUT2D eigenvalue weighted by atomic mass is 32.2. The summed E-state index contributed by atoms with van der Waals surface area (Å²) < 4.78 is 62.5. The van der Waals surface area contributed by atoms with Crippen molar-refractivity contribution in [1.82, 2.24) is 9.21 Å². The van der Waals surface area contributed by atoms with Gasteiger partial charge in [-0.25, -0.2) is 12.7 Å². The second-order valence-corrected chi connectivity index (χ2v) is 7.90. The quantitative estimate of drug-likeness (QED) is 0.863. The highest BCUT2D eigenvalue weighted by Crippen LogP contribution is 2.30. The van der Waals surface area contributed by atoms with Crippen LogP contribution in [-0.2, 0) is 21.0 Å². The number of hydrogen-bond acceptors (Lipinski definition) is 4. The predicted molar refractivity (Wildman–Crippen MR) is 87.5 cm³/mol. The molecule has 1 amide bonds. The van der Waals surface area contributed by atoms with Crippen molar-refractivity contribution >= 4 is 21.6 Å². The number of amides is 1. The number of hydrogen-bond donors (Lipinski definition) is 1. The van der Waals surface area contributed by atoms with Crippen LogP contribution in [0.3, 0.4) is 0 Å². The molecule has 1 saturated heterocycles. The van der Waals surface area contributed by atoms with Gasteiger partial charge in [0.1, 0.15) is 0 Å². The van der Waals surface area contributed by atoms with Gasteiger partial charge in [-0.3, -0.25) is 9.69 Å². The van der Waals surface area contributed by atoms with Gasteiger partial charge in [-0.05, 0) is 31.2 Å². The third kappa shape index (κ3) is 5.98. The molecule has 0 bridgehead atoms. The Labute approximate surface area is 144 Å². The first-order valence-electron chi connectivity index (χ1n) is 7.70. The molecule has 0 aromatic heterocycles. The first kappa shape index (κ1) is 19.7. The van der Waals surface area contributed by atoms with E-state index >= 15 is 0 Å². The fourth-order valence-corrected chi connectivity index (χ4v) is 3.49. The van der Waals surface area contributed by atoms with Crippen LogP contribution in [-0.4, -0.2) is 62.5 Å². The Bertz CT molecular complexity index is 722. The molecule has 1 aliphatic rings. The number of nitrogens with one attached hydrogen (secondary N) is 1. The number of halogens is 3. The van der Waals surface area contributed by atoms with E-state index in [0.717, 1.165) is 18.4 Å². The molecule has 1 N–H and O–H groups in total. The van der Waals surface area contributed by atoms with E-state index in [4.69, 9.17) is 0 Å². The number of rotatable bonds is 4. The fraction of sp³-hybridized carbons (Fsp3) is 0.533. The van der Waals surface area contributed by atoms with E-state index in [9.17, 15) is 26.4 Å². The van der Waals surface area contributed by atoms with Crippen molar-refractivity contribution in [2.45, 2.75) is 12.6 Å². The van der Waals surface area contributed by atoms with Crippen LogP contribution in [0.1, 0.15) is 12.0 Å². The maximum Gasteiger partial charge on any atom is 0.416 e. The maximum atomic E-state index is 12.7. The Morgan fingerprint density at radius 3 is 2.56 bits per heavy atom. The molecule has 1 fully saturated rings. The van der Waals surface area contributed by atoms with Crippen molar-refractivity contribution < 1.29 is 26.4 Å². The third-order valence-electron chi connectivity index (χ3n) is 3.86. The highest BCUT2D eigenvalue weighted by Gasteiger charge is 2.30. The Morgan fingerprint density at radius 2 is 1.92 bits per heavy atom. The molecule has 25 heavy (non-hydrogen) atoms. The second kappa shape index (κ2) is 7.71. The van der Waals surface area contributed by atoms with Gasteiger partial charge in [-0.15, -0.1) is 0 Å².